The van der Waals surface area contributed by atoms with E-state index in [0.29, 0.717) is 18.2 Å². The molecule has 3 amide bonds. The van der Waals surface area contributed by atoms with Crippen molar-refractivity contribution in [3.63, 3.8) is 0 Å². The number of nitrogens with two attached hydrogens (primary N) is 2. The van der Waals surface area contributed by atoms with Gasteiger partial charge in [-0.25, -0.2) is 9.98 Å². The second-order valence-corrected chi connectivity index (χ2v) is 13.5. The van der Waals surface area contributed by atoms with Crippen molar-refractivity contribution in [1.82, 2.24) is 31.2 Å². The van der Waals surface area contributed by atoms with Crippen LogP contribution in [0.5, 0.6) is 0 Å². The van der Waals surface area contributed by atoms with Crippen molar-refractivity contribution < 1.29 is 19.5 Å². The normalized spacial score (nSPS) is 30.6. The van der Waals surface area contributed by atoms with E-state index >= 15 is 0 Å². The molecule has 0 saturated heterocycles. The van der Waals surface area contributed by atoms with E-state index in [2.05, 4.69) is 105 Å². The molecular formula is C22H23Br4ClN10O4. The Labute approximate surface area is 271 Å². The summed E-state index contributed by atoms with van der Waals surface area (Å²) < 4.78 is 2.49. The molecule has 0 radical (unpaired) electrons. The van der Waals surface area contributed by atoms with Crippen LogP contribution in [-0.2, 0) is 4.79 Å². The van der Waals surface area contributed by atoms with Crippen molar-refractivity contribution in [3.05, 3.63) is 41.7 Å². The second-order valence-electron chi connectivity index (χ2n) is 9.76. The molecule has 1 spiro atoms. The number of hydrogen-bond donors (Lipinski definition) is 9. The fourth-order valence-electron chi connectivity index (χ4n) is 5.78. The Hall–Kier alpha value is -2.12. The van der Waals surface area contributed by atoms with Gasteiger partial charge >= 0.3 is 0 Å². The quantitative estimate of drug-likeness (QED) is 0.182. The number of alkyl halides is 1. The van der Waals surface area contributed by atoms with Crippen LogP contribution in [0, 0.1) is 17.8 Å². The first-order chi connectivity index (χ1) is 19.3. The van der Waals surface area contributed by atoms with Gasteiger partial charge < -0.3 is 42.5 Å². The van der Waals surface area contributed by atoms with Gasteiger partial charge in [0.25, 0.3) is 17.7 Å². The summed E-state index contributed by atoms with van der Waals surface area (Å²) in [5, 5.41) is 21.5. The van der Waals surface area contributed by atoms with Gasteiger partial charge in [0.1, 0.15) is 23.0 Å². The molecule has 3 aliphatic rings. The molecule has 41 heavy (non-hydrogen) atoms. The number of aliphatic hydroxyl groups excluding tert-OH is 1. The van der Waals surface area contributed by atoms with Crippen molar-refractivity contribution in [2.24, 2.45) is 39.2 Å². The van der Waals surface area contributed by atoms with Gasteiger partial charge in [-0.05, 0) is 81.8 Å². The summed E-state index contributed by atoms with van der Waals surface area (Å²) in [6, 6.07) is 2.12. The molecule has 1 saturated carbocycles. The highest BCUT2D eigenvalue weighted by atomic mass is 79.9. The van der Waals surface area contributed by atoms with E-state index in [1.807, 2.05) is 0 Å². The van der Waals surface area contributed by atoms with E-state index in [0.717, 1.165) is 0 Å². The Morgan fingerprint density at radius 2 is 1.49 bits per heavy atom. The number of aliphatic imine (C=N–C) groups is 2. The van der Waals surface area contributed by atoms with E-state index in [1.54, 1.807) is 12.1 Å². The van der Waals surface area contributed by atoms with Crippen molar-refractivity contribution in [3.8, 4) is 0 Å². The molecule has 11 N–H and O–H groups in total. The smallest absolute Gasteiger partial charge is 0.267 e. The Morgan fingerprint density at radius 3 is 1.90 bits per heavy atom. The average molecular weight is 847 g/mol. The van der Waals surface area contributed by atoms with Crippen LogP contribution in [0.4, 0.5) is 0 Å². The summed E-state index contributed by atoms with van der Waals surface area (Å²) in [6.07, 6.45) is -1.45. The largest absolute Gasteiger partial charge is 0.370 e. The molecule has 0 bridgehead atoms. The van der Waals surface area contributed by atoms with Gasteiger partial charge in [-0.3, -0.25) is 19.7 Å². The van der Waals surface area contributed by atoms with Crippen LogP contribution in [0.25, 0.3) is 0 Å². The van der Waals surface area contributed by atoms with Gasteiger partial charge in [0, 0.05) is 24.9 Å². The van der Waals surface area contributed by atoms with E-state index < -0.39 is 58.7 Å². The van der Waals surface area contributed by atoms with Gasteiger partial charge in [-0.2, -0.15) is 0 Å². The lowest BCUT2D eigenvalue weighted by Gasteiger charge is -2.39. The van der Waals surface area contributed by atoms with E-state index in [9.17, 15) is 19.5 Å². The third-order valence-electron chi connectivity index (χ3n) is 7.50. The molecule has 2 aromatic rings. The van der Waals surface area contributed by atoms with Gasteiger partial charge in [-0.15, -0.1) is 11.6 Å². The van der Waals surface area contributed by atoms with E-state index in [-0.39, 0.29) is 36.4 Å². The number of aliphatic hydroxyl groups is 1. The van der Waals surface area contributed by atoms with Crippen LogP contribution < -0.4 is 32.7 Å². The summed E-state index contributed by atoms with van der Waals surface area (Å²) in [5.74, 6) is -3.61. The van der Waals surface area contributed by atoms with E-state index in [4.69, 9.17) is 23.1 Å². The predicted octanol–water partition coefficient (Wildman–Crippen LogP) is 0.810. The summed E-state index contributed by atoms with van der Waals surface area (Å²) in [7, 11) is 0. The van der Waals surface area contributed by atoms with Crippen LogP contribution in [-0.4, -0.2) is 81.0 Å². The predicted molar refractivity (Wildman–Crippen MR) is 164 cm³/mol. The van der Waals surface area contributed by atoms with Crippen molar-refractivity contribution >= 4 is 105 Å². The van der Waals surface area contributed by atoms with Crippen LogP contribution in [0.1, 0.15) is 21.0 Å². The third-order valence-corrected chi connectivity index (χ3v) is 11.8. The highest BCUT2D eigenvalue weighted by Crippen LogP contribution is 2.53. The first-order valence-corrected chi connectivity index (χ1v) is 15.7. The maximum atomic E-state index is 13.1. The lowest BCUT2D eigenvalue weighted by molar-refractivity contribution is -0.122. The molecule has 5 rings (SSSR count). The number of rotatable bonds is 7. The lowest BCUT2D eigenvalue weighted by atomic mass is 9.76. The number of guanidine groups is 2. The molecular weight excluding hydrogens is 823 g/mol. The third kappa shape index (κ3) is 5.42. The highest BCUT2D eigenvalue weighted by Gasteiger charge is 2.68. The number of carbonyl (C=O) groups is 3. The minimum atomic E-state index is -1.47. The number of amides is 3. The molecule has 19 heteroatoms. The molecule has 2 aliphatic heterocycles. The summed E-state index contributed by atoms with van der Waals surface area (Å²) in [6.45, 7) is 0.0118. The lowest BCUT2D eigenvalue weighted by Crippen LogP contribution is -2.64. The zero-order valence-corrected chi connectivity index (χ0v) is 27.7. The molecule has 0 aromatic carbocycles. The Morgan fingerprint density at radius 1 is 0.951 bits per heavy atom. The minimum Gasteiger partial charge on any atom is -0.370 e. The van der Waals surface area contributed by atoms with Crippen molar-refractivity contribution in [2.75, 3.05) is 13.1 Å². The highest BCUT2D eigenvalue weighted by molar-refractivity contribution is 9.13. The fraction of sp³-hybridized carbons (Fsp3) is 0.409. The van der Waals surface area contributed by atoms with Gasteiger partial charge in [0.2, 0.25) is 0 Å². The first kappa shape index (κ1) is 30.3. The Kier molecular flexibility index (Phi) is 8.52. The van der Waals surface area contributed by atoms with Gasteiger partial charge in [0.15, 0.2) is 18.1 Å². The number of nitrogens with one attached hydrogen (secondary N) is 6. The molecule has 1 aliphatic carbocycles. The SMILES string of the molecule is NC1=N[C@H]([C@H]2[C@H](CNC(=O)c3cc(Br)c(Br)[nH]3)[C@@H](CNC(=O)c3cc(Br)c(Br)[nH]3)[C@H](Cl)[C@]23NC(N)=N[C@@H]3O)C(=O)N1. The molecule has 4 heterocycles. The number of carbonyl (C=O) groups excluding carboxylic acids is 3. The minimum absolute atomic E-state index is 0.00360. The zero-order valence-electron chi connectivity index (χ0n) is 20.6. The standard InChI is InChI=1S/C22H23Br4ClN10O4/c23-7-1-9(32-14(7)25)16(38)30-3-5-6(4-31-17(39)10-2-8(24)15(26)33-10)13(27)22(19(41)36-21(29)37-22)11(5)12-18(40)35-20(28)34-12/h1-2,5-6,11-13,19,32-33,41H,3-4H2,(H,30,38)(H,31,39)(H3,29,36,37)(H3,28,34,35,40)/t5-,6-,11-,12-,13+,19-,22-/m1/s1. The summed E-state index contributed by atoms with van der Waals surface area (Å²) in [4.78, 5) is 53.3. The average Bonchev–Trinajstić information content (AvgIpc) is 3.66. The van der Waals surface area contributed by atoms with Crippen molar-refractivity contribution in [2.45, 2.75) is 23.2 Å². The van der Waals surface area contributed by atoms with Gasteiger partial charge in [-0.1, -0.05) is 0 Å². The number of aromatic amines is 2. The molecule has 14 nitrogen and oxygen atoms in total. The monoisotopic (exact) mass is 842 g/mol. The molecule has 7 atom stereocenters. The first-order valence-electron chi connectivity index (χ1n) is 12.1. The van der Waals surface area contributed by atoms with E-state index in [1.165, 1.54) is 0 Å². The number of hydrogen-bond acceptors (Lipinski definition) is 9. The van der Waals surface area contributed by atoms with Crippen LogP contribution in [0.15, 0.2) is 40.3 Å². The van der Waals surface area contributed by atoms with Gasteiger partial charge in [0.05, 0.1) is 23.5 Å². The number of halogens is 5. The zero-order chi connectivity index (χ0) is 29.8. The number of aromatic nitrogens is 2. The van der Waals surface area contributed by atoms with Crippen LogP contribution in [0.2, 0.25) is 0 Å². The maximum absolute atomic E-state index is 13.1. The number of H-pyrrole nitrogens is 2. The second kappa shape index (κ2) is 11.5. The summed E-state index contributed by atoms with van der Waals surface area (Å²) >= 11 is 20.4. The Balaban J connectivity index is 1.49. The molecule has 220 valence electrons. The number of nitrogens with zero attached hydrogens (tertiary/aromatic N) is 2. The van der Waals surface area contributed by atoms with Crippen molar-refractivity contribution in [1.29, 1.82) is 0 Å². The molecule has 2 aromatic heterocycles. The topological polar surface area (TPSA) is 228 Å². The van der Waals surface area contributed by atoms with Crippen LogP contribution in [0.3, 0.4) is 0 Å². The van der Waals surface area contributed by atoms with Crippen LogP contribution >= 0.6 is 75.3 Å². The molecule has 1 fully saturated rings. The summed E-state index contributed by atoms with van der Waals surface area (Å²) in [5.41, 5.74) is 10.9. The fourth-order valence-corrected chi connectivity index (χ4v) is 7.68. The Bertz CT molecular complexity index is 1440. The molecule has 0 unspecified atom stereocenters. The maximum Gasteiger partial charge on any atom is 0.267 e.